The van der Waals surface area contributed by atoms with Crippen LogP contribution in [0.5, 0.6) is 0 Å². The quantitative estimate of drug-likeness (QED) is 0.612. The van der Waals surface area contributed by atoms with E-state index in [9.17, 15) is 4.79 Å². The van der Waals surface area contributed by atoms with Crippen molar-refractivity contribution in [2.24, 2.45) is 0 Å². The van der Waals surface area contributed by atoms with Crippen LogP contribution in [0.25, 0.3) is 5.69 Å². The number of nitrogens with zero attached hydrogens (tertiary/aromatic N) is 4. The van der Waals surface area contributed by atoms with Crippen LogP contribution in [0.15, 0.2) is 60.0 Å². The predicted octanol–water partition coefficient (Wildman–Crippen LogP) is 3.53. The zero-order valence-electron chi connectivity index (χ0n) is 17.1. The van der Waals surface area contributed by atoms with E-state index in [0.29, 0.717) is 5.16 Å². The Bertz CT molecular complexity index is 999. The Balaban J connectivity index is 1.39. The van der Waals surface area contributed by atoms with Crippen LogP contribution < -0.4 is 10.2 Å². The van der Waals surface area contributed by atoms with Crippen molar-refractivity contribution in [1.29, 1.82) is 0 Å². The average Bonchev–Trinajstić information content (AvgIpc) is 3.23. The first-order chi connectivity index (χ1) is 14.6. The van der Waals surface area contributed by atoms with Crippen molar-refractivity contribution in [1.82, 2.24) is 14.8 Å². The fourth-order valence-corrected chi connectivity index (χ4v) is 4.17. The third kappa shape index (κ3) is 4.66. The van der Waals surface area contributed by atoms with E-state index in [2.05, 4.69) is 20.4 Å². The molecule has 8 heteroatoms. The number of aryl methyl sites for hydroxylation is 1. The monoisotopic (exact) mass is 423 g/mol. The van der Waals surface area contributed by atoms with Crippen LogP contribution in [0.4, 0.5) is 11.4 Å². The molecule has 3 aromatic rings. The lowest BCUT2D eigenvalue weighted by Crippen LogP contribution is -2.36. The highest BCUT2D eigenvalue weighted by Crippen LogP contribution is 2.26. The topological polar surface area (TPSA) is 72.3 Å². The second-order valence-corrected chi connectivity index (χ2v) is 8.47. The Kier molecular flexibility index (Phi) is 6.35. The molecule has 0 unspecified atom stereocenters. The first kappa shape index (κ1) is 20.4. The van der Waals surface area contributed by atoms with E-state index in [0.717, 1.165) is 48.9 Å². The van der Waals surface area contributed by atoms with Gasteiger partial charge in [-0.1, -0.05) is 30.0 Å². The SMILES string of the molecule is Cc1ccccc1-n1cnnc1S[C@H](C)C(=O)Nc1ccc(N2CCOCC2)cc1. The zero-order valence-corrected chi connectivity index (χ0v) is 17.9. The number of thioether (sulfide) groups is 1. The number of carbonyl (C=O) groups is 1. The minimum atomic E-state index is -0.323. The molecule has 1 saturated heterocycles. The maximum Gasteiger partial charge on any atom is 0.237 e. The second kappa shape index (κ2) is 9.32. The summed E-state index contributed by atoms with van der Waals surface area (Å²) in [5, 5.41) is 11.6. The molecule has 4 rings (SSSR count). The fourth-order valence-electron chi connectivity index (χ4n) is 3.34. The standard InChI is InChI=1S/C22H25N5O2S/c1-16-5-3-4-6-20(16)27-15-23-25-22(27)30-17(2)21(28)24-18-7-9-19(10-8-18)26-11-13-29-14-12-26/h3-10,15,17H,11-14H2,1-2H3,(H,24,28)/t17-/m1/s1. The number of amides is 1. The molecule has 30 heavy (non-hydrogen) atoms. The van der Waals surface area contributed by atoms with Crippen LogP contribution in [0.2, 0.25) is 0 Å². The Hall–Kier alpha value is -2.84. The Labute approximate surface area is 180 Å². The number of carbonyl (C=O) groups excluding carboxylic acids is 1. The lowest BCUT2D eigenvalue weighted by molar-refractivity contribution is -0.115. The number of rotatable bonds is 6. The van der Waals surface area contributed by atoms with Gasteiger partial charge in [0.25, 0.3) is 0 Å². The molecule has 2 aromatic carbocycles. The summed E-state index contributed by atoms with van der Waals surface area (Å²) in [5.74, 6) is -0.0709. The molecule has 1 aromatic heterocycles. The second-order valence-electron chi connectivity index (χ2n) is 7.17. The summed E-state index contributed by atoms with van der Waals surface area (Å²) in [5.41, 5.74) is 4.06. The molecular weight excluding hydrogens is 398 g/mol. The molecule has 1 aliphatic rings. The third-order valence-electron chi connectivity index (χ3n) is 5.05. The van der Waals surface area contributed by atoms with Gasteiger partial charge in [0, 0.05) is 24.5 Å². The molecule has 156 valence electrons. The smallest absolute Gasteiger partial charge is 0.237 e. The van der Waals surface area contributed by atoms with E-state index in [1.165, 1.54) is 11.8 Å². The first-order valence-corrected chi connectivity index (χ1v) is 10.9. The number of ether oxygens (including phenoxy) is 1. The van der Waals surface area contributed by atoms with Crippen molar-refractivity contribution in [3.05, 3.63) is 60.4 Å². The van der Waals surface area contributed by atoms with E-state index >= 15 is 0 Å². The summed E-state index contributed by atoms with van der Waals surface area (Å²) >= 11 is 1.39. The van der Waals surface area contributed by atoms with Gasteiger partial charge in [-0.25, -0.2) is 0 Å². The van der Waals surface area contributed by atoms with Gasteiger partial charge in [-0.15, -0.1) is 10.2 Å². The summed E-state index contributed by atoms with van der Waals surface area (Å²) < 4.78 is 7.32. The van der Waals surface area contributed by atoms with E-state index in [1.54, 1.807) is 6.33 Å². The number of para-hydroxylation sites is 1. The van der Waals surface area contributed by atoms with Crippen LogP contribution in [-0.2, 0) is 9.53 Å². The number of aromatic nitrogens is 3. The van der Waals surface area contributed by atoms with Gasteiger partial charge in [-0.3, -0.25) is 9.36 Å². The van der Waals surface area contributed by atoms with Gasteiger partial charge in [0.1, 0.15) is 6.33 Å². The average molecular weight is 424 g/mol. The van der Waals surface area contributed by atoms with Gasteiger partial charge in [-0.2, -0.15) is 0 Å². The molecule has 1 atom stereocenters. The normalized spacial score (nSPS) is 15.1. The van der Waals surface area contributed by atoms with Crippen LogP contribution in [0.3, 0.4) is 0 Å². The van der Waals surface area contributed by atoms with Crippen LogP contribution in [0, 0.1) is 6.92 Å². The van der Waals surface area contributed by atoms with Crippen molar-refractivity contribution >= 4 is 29.0 Å². The molecule has 0 bridgehead atoms. The highest BCUT2D eigenvalue weighted by molar-refractivity contribution is 8.00. The summed E-state index contributed by atoms with van der Waals surface area (Å²) in [7, 11) is 0. The minimum absolute atomic E-state index is 0.0709. The van der Waals surface area contributed by atoms with Gasteiger partial charge in [0.2, 0.25) is 5.91 Å². The van der Waals surface area contributed by atoms with Gasteiger partial charge < -0.3 is 15.0 Å². The molecule has 0 radical (unpaired) electrons. The molecule has 1 fully saturated rings. The van der Waals surface area contributed by atoms with Crippen molar-refractivity contribution in [3.63, 3.8) is 0 Å². The molecule has 0 saturated carbocycles. The lowest BCUT2D eigenvalue weighted by atomic mass is 10.2. The summed E-state index contributed by atoms with van der Waals surface area (Å²) in [6.07, 6.45) is 1.68. The molecule has 2 heterocycles. The summed E-state index contributed by atoms with van der Waals surface area (Å²) in [6, 6.07) is 16.0. The van der Waals surface area contributed by atoms with Gasteiger partial charge in [0.05, 0.1) is 24.2 Å². The van der Waals surface area contributed by atoms with Crippen molar-refractivity contribution in [3.8, 4) is 5.69 Å². The van der Waals surface area contributed by atoms with Crippen molar-refractivity contribution < 1.29 is 9.53 Å². The molecule has 0 aliphatic carbocycles. The first-order valence-electron chi connectivity index (χ1n) is 9.98. The third-order valence-corrected chi connectivity index (χ3v) is 6.11. The molecule has 0 spiro atoms. The molecule has 1 N–H and O–H groups in total. The van der Waals surface area contributed by atoms with Crippen LogP contribution in [-0.4, -0.2) is 52.2 Å². The van der Waals surface area contributed by atoms with Gasteiger partial charge in [-0.05, 0) is 49.7 Å². The van der Waals surface area contributed by atoms with Crippen molar-refractivity contribution in [2.75, 3.05) is 36.5 Å². The highest BCUT2D eigenvalue weighted by Gasteiger charge is 2.19. The number of morpholine rings is 1. The zero-order chi connectivity index (χ0) is 20.9. The fraction of sp³-hybridized carbons (Fsp3) is 0.318. The Morgan fingerprint density at radius 1 is 1.13 bits per heavy atom. The number of hydrogen-bond donors (Lipinski definition) is 1. The van der Waals surface area contributed by atoms with Crippen LogP contribution >= 0.6 is 11.8 Å². The number of hydrogen-bond acceptors (Lipinski definition) is 6. The van der Waals surface area contributed by atoms with E-state index < -0.39 is 0 Å². The molecule has 7 nitrogen and oxygen atoms in total. The summed E-state index contributed by atoms with van der Waals surface area (Å²) in [4.78, 5) is 15.0. The number of anilines is 2. The highest BCUT2D eigenvalue weighted by atomic mass is 32.2. The number of benzene rings is 2. The lowest BCUT2D eigenvalue weighted by Gasteiger charge is -2.28. The van der Waals surface area contributed by atoms with Gasteiger partial charge >= 0.3 is 0 Å². The summed E-state index contributed by atoms with van der Waals surface area (Å²) in [6.45, 7) is 7.20. The Morgan fingerprint density at radius 3 is 2.60 bits per heavy atom. The predicted molar refractivity (Wildman–Crippen MR) is 120 cm³/mol. The van der Waals surface area contributed by atoms with Crippen molar-refractivity contribution in [2.45, 2.75) is 24.3 Å². The van der Waals surface area contributed by atoms with E-state index in [1.807, 2.05) is 66.9 Å². The maximum atomic E-state index is 12.7. The van der Waals surface area contributed by atoms with Crippen LogP contribution in [0.1, 0.15) is 12.5 Å². The largest absolute Gasteiger partial charge is 0.378 e. The Morgan fingerprint density at radius 2 is 1.87 bits per heavy atom. The van der Waals surface area contributed by atoms with E-state index in [-0.39, 0.29) is 11.2 Å². The molecular formula is C22H25N5O2S. The van der Waals surface area contributed by atoms with Gasteiger partial charge in [0.15, 0.2) is 5.16 Å². The minimum Gasteiger partial charge on any atom is -0.378 e. The van der Waals surface area contributed by atoms with E-state index in [4.69, 9.17) is 4.74 Å². The molecule has 1 aliphatic heterocycles. The number of nitrogens with one attached hydrogen (secondary N) is 1. The molecule has 1 amide bonds. The maximum absolute atomic E-state index is 12.7.